The first-order valence-corrected chi connectivity index (χ1v) is 8.92. The molecule has 3 aromatic carbocycles. The van der Waals surface area contributed by atoms with Crippen molar-refractivity contribution in [1.29, 1.82) is 0 Å². The first-order chi connectivity index (χ1) is 13.6. The number of carbonyl (C=O) groups excluding carboxylic acids is 1. The van der Waals surface area contributed by atoms with Crippen LogP contribution >= 0.6 is 0 Å². The molecule has 0 aliphatic rings. The Balaban J connectivity index is 1.85. The van der Waals surface area contributed by atoms with Gasteiger partial charge in [-0.1, -0.05) is 42.5 Å². The lowest BCUT2D eigenvalue weighted by atomic mass is 10.1. The average molecular weight is 370 g/mol. The van der Waals surface area contributed by atoms with Crippen LogP contribution in [0.5, 0.6) is 5.75 Å². The Morgan fingerprint density at radius 2 is 1.61 bits per heavy atom. The molecule has 4 rings (SSSR count). The quantitative estimate of drug-likeness (QED) is 0.400. The minimum absolute atomic E-state index is 0.200. The van der Waals surface area contributed by atoms with Crippen LogP contribution in [0.1, 0.15) is 21.7 Å². The maximum absolute atomic E-state index is 13.2. The fraction of sp³-hybridized carbons (Fsp3) is 0.0870. The summed E-state index contributed by atoms with van der Waals surface area (Å²) in [5.74, 6) is 0.300. The summed E-state index contributed by atoms with van der Waals surface area (Å²) in [5.41, 5.74) is 2.37. The van der Waals surface area contributed by atoms with Gasteiger partial charge in [-0.2, -0.15) is 0 Å². The van der Waals surface area contributed by atoms with Crippen LogP contribution in [0.15, 0.2) is 77.6 Å². The van der Waals surface area contributed by atoms with Gasteiger partial charge in [-0.3, -0.25) is 9.36 Å². The van der Waals surface area contributed by atoms with Gasteiger partial charge in [0.1, 0.15) is 11.3 Å². The molecule has 0 saturated heterocycles. The van der Waals surface area contributed by atoms with Crippen molar-refractivity contribution >= 4 is 16.9 Å². The van der Waals surface area contributed by atoms with Crippen LogP contribution < -0.4 is 10.3 Å². The lowest BCUT2D eigenvalue weighted by molar-refractivity contribution is 0.0736. The summed E-state index contributed by atoms with van der Waals surface area (Å²) in [6, 6.07) is 21.4. The van der Waals surface area contributed by atoms with E-state index >= 15 is 0 Å². The number of fused-ring (bicyclic) bond motifs is 1. The number of hydrogen-bond acceptors (Lipinski definition) is 4. The van der Waals surface area contributed by atoms with Gasteiger partial charge in [0.15, 0.2) is 5.75 Å². The van der Waals surface area contributed by atoms with Crippen LogP contribution in [-0.4, -0.2) is 15.5 Å². The Morgan fingerprint density at radius 3 is 2.36 bits per heavy atom. The first kappa shape index (κ1) is 17.7. The van der Waals surface area contributed by atoms with E-state index in [1.165, 1.54) is 0 Å². The van der Waals surface area contributed by atoms with Crippen molar-refractivity contribution in [3.05, 3.63) is 100 Å². The number of rotatable bonds is 3. The van der Waals surface area contributed by atoms with Crippen molar-refractivity contribution in [3.63, 3.8) is 0 Å². The van der Waals surface area contributed by atoms with Gasteiger partial charge in [-0.15, -0.1) is 0 Å². The molecule has 5 nitrogen and oxygen atoms in total. The van der Waals surface area contributed by atoms with Gasteiger partial charge in [0.2, 0.25) is 0 Å². The Bertz CT molecular complexity index is 1240. The normalized spacial score (nSPS) is 10.8. The molecule has 0 unspecified atom stereocenters. The van der Waals surface area contributed by atoms with Gasteiger partial charge in [-0.05, 0) is 49.7 Å². The number of aryl methyl sites for hydroxylation is 2. The zero-order valence-corrected chi connectivity index (χ0v) is 15.5. The molecule has 138 valence electrons. The minimum Gasteiger partial charge on any atom is -0.421 e. The zero-order valence-electron chi connectivity index (χ0n) is 15.5. The molecule has 0 aliphatic heterocycles. The number of carbonyl (C=O) groups is 1. The third-order valence-electron chi connectivity index (χ3n) is 4.60. The second kappa shape index (κ2) is 7.12. The molecule has 1 aromatic heterocycles. The zero-order chi connectivity index (χ0) is 19.7. The lowest BCUT2D eigenvalue weighted by Crippen LogP contribution is -2.23. The van der Waals surface area contributed by atoms with E-state index in [0.717, 1.165) is 11.3 Å². The topological polar surface area (TPSA) is 61.2 Å². The maximum Gasteiger partial charge on any atom is 0.343 e. The van der Waals surface area contributed by atoms with Crippen molar-refractivity contribution in [2.45, 2.75) is 13.8 Å². The van der Waals surface area contributed by atoms with E-state index in [1.807, 2.05) is 37.3 Å². The van der Waals surface area contributed by atoms with Gasteiger partial charge in [0.05, 0.1) is 16.6 Å². The maximum atomic E-state index is 13.2. The van der Waals surface area contributed by atoms with Crippen molar-refractivity contribution < 1.29 is 9.53 Å². The van der Waals surface area contributed by atoms with Crippen LogP contribution in [0.4, 0.5) is 0 Å². The largest absolute Gasteiger partial charge is 0.421 e. The average Bonchev–Trinajstić information content (AvgIpc) is 2.71. The predicted molar refractivity (Wildman–Crippen MR) is 108 cm³/mol. The van der Waals surface area contributed by atoms with E-state index < -0.39 is 5.97 Å². The highest BCUT2D eigenvalue weighted by Gasteiger charge is 2.16. The molecule has 0 bridgehead atoms. The van der Waals surface area contributed by atoms with Crippen molar-refractivity contribution in [3.8, 4) is 11.4 Å². The van der Waals surface area contributed by atoms with E-state index in [1.54, 1.807) is 54.0 Å². The van der Waals surface area contributed by atoms with Crippen molar-refractivity contribution in [2.75, 3.05) is 0 Å². The van der Waals surface area contributed by atoms with Gasteiger partial charge in [0.25, 0.3) is 5.56 Å². The molecule has 0 radical (unpaired) electrons. The van der Waals surface area contributed by atoms with E-state index in [4.69, 9.17) is 4.74 Å². The number of hydrogen-bond donors (Lipinski definition) is 0. The standard InChI is InChI=1S/C23H18N2O3/c1-15-9-6-7-13-19(15)25-16(2)24-21-18(22(25)26)12-8-14-20(21)28-23(27)17-10-4-3-5-11-17/h3-14H,1-2H3. The number of aromatic nitrogens is 2. The lowest BCUT2D eigenvalue weighted by Gasteiger charge is -2.14. The van der Waals surface area contributed by atoms with E-state index in [9.17, 15) is 9.59 Å². The van der Waals surface area contributed by atoms with Crippen molar-refractivity contribution in [2.24, 2.45) is 0 Å². The number of para-hydroxylation sites is 2. The molecular weight excluding hydrogens is 352 g/mol. The highest BCUT2D eigenvalue weighted by atomic mass is 16.5. The molecule has 0 N–H and O–H groups in total. The molecule has 0 saturated carbocycles. The molecule has 0 aliphatic carbocycles. The Morgan fingerprint density at radius 1 is 0.893 bits per heavy atom. The summed E-state index contributed by atoms with van der Waals surface area (Å²) in [6.07, 6.45) is 0. The van der Waals surface area contributed by atoms with Gasteiger partial charge >= 0.3 is 5.97 Å². The fourth-order valence-electron chi connectivity index (χ4n) is 3.20. The summed E-state index contributed by atoms with van der Waals surface area (Å²) < 4.78 is 7.13. The Labute approximate surface area is 161 Å². The summed E-state index contributed by atoms with van der Waals surface area (Å²) in [5, 5.41) is 0.396. The molecule has 4 aromatic rings. The molecule has 0 atom stereocenters. The molecule has 28 heavy (non-hydrogen) atoms. The molecule has 0 spiro atoms. The van der Waals surface area contributed by atoms with E-state index in [0.29, 0.717) is 22.3 Å². The van der Waals surface area contributed by atoms with Crippen LogP contribution in [-0.2, 0) is 0 Å². The summed E-state index contributed by atoms with van der Waals surface area (Å²) in [7, 11) is 0. The summed E-state index contributed by atoms with van der Waals surface area (Å²) in [6.45, 7) is 3.71. The third kappa shape index (κ3) is 3.07. The first-order valence-electron chi connectivity index (χ1n) is 8.92. The summed E-state index contributed by atoms with van der Waals surface area (Å²) in [4.78, 5) is 30.2. The van der Waals surface area contributed by atoms with Gasteiger partial charge in [-0.25, -0.2) is 9.78 Å². The van der Waals surface area contributed by atoms with Gasteiger partial charge < -0.3 is 4.74 Å². The molecule has 1 heterocycles. The number of nitrogens with zero attached hydrogens (tertiary/aromatic N) is 2. The number of esters is 1. The molecular formula is C23H18N2O3. The SMILES string of the molecule is Cc1ccccc1-n1c(C)nc2c(OC(=O)c3ccccc3)cccc2c1=O. The van der Waals surface area contributed by atoms with Gasteiger partial charge in [0, 0.05) is 0 Å². The fourth-order valence-corrected chi connectivity index (χ4v) is 3.20. The van der Waals surface area contributed by atoms with Crippen LogP contribution in [0.2, 0.25) is 0 Å². The molecule has 0 fully saturated rings. The number of ether oxygens (including phenoxy) is 1. The van der Waals surface area contributed by atoms with E-state index in [2.05, 4.69) is 4.98 Å². The monoisotopic (exact) mass is 370 g/mol. The Kier molecular flexibility index (Phi) is 4.49. The van der Waals surface area contributed by atoms with Crippen LogP contribution in [0.3, 0.4) is 0 Å². The highest BCUT2D eigenvalue weighted by Crippen LogP contribution is 2.24. The second-order valence-electron chi connectivity index (χ2n) is 6.49. The van der Waals surface area contributed by atoms with Crippen molar-refractivity contribution in [1.82, 2.24) is 9.55 Å². The highest BCUT2D eigenvalue weighted by molar-refractivity contribution is 5.94. The predicted octanol–water partition coefficient (Wildman–Crippen LogP) is 4.22. The smallest absolute Gasteiger partial charge is 0.343 e. The minimum atomic E-state index is -0.490. The second-order valence-corrected chi connectivity index (χ2v) is 6.49. The van der Waals surface area contributed by atoms with Crippen LogP contribution in [0.25, 0.3) is 16.6 Å². The van der Waals surface area contributed by atoms with E-state index in [-0.39, 0.29) is 11.3 Å². The molecule has 0 amide bonds. The van der Waals surface area contributed by atoms with Crippen LogP contribution in [0, 0.1) is 13.8 Å². The Hall–Kier alpha value is -3.73. The third-order valence-corrected chi connectivity index (χ3v) is 4.60. The molecule has 5 heteroatoms. The summed E-state index contributed by atoms with van der Waals surface area (Å²) >= 11 is 0. The number of benzene rings is 3.